The SMILES string of the molecule is C[C@H](NC(=O)CC(C)(C)C)c1nc(-c2ccccn2)no1. The number of nitrogens with one attached hydrogen (secondary N) is 1. The van der Waals surface area contributed by atoms with E-state index in [1.807, 2.05) is 39.8 Å². The molecule has 6 heteroatoms. The standard InChI is InChI=1S/C15H20N4O2/c1-10(17-12(20)9-15(2,3)4)14-18-13(19-21-14)11-7-5-6-8-16-11/h5-8,10H,9H2,1-4H3,(H,17,20)/t10-/m0/s1. The van der Waals surface area contributed by atoms with Crippen LogP contribution in [-0.4, -0.2) is 21.0 Å². The molecule has 1 amide bonds. The maximum atomic E-state index is 11.9. The molecule has 0 fully saturated rings. The maximum absolute atomic E-state index is 11.9. The smallest absolute Gasteiger partial charge is 0.249 e. The molecule has 0 unspecified atom stereocenters. The molecule has 0 aliphatic heterocycles. The van der Waals surface area contributed by atoms with E-state index in [2.05, 4.69) is 20.4 Å². The fraction of sp³-hybridized carbons (Fsp3) is 0.467. The van der Waals surface area contributed by atoms with Crippen LogP contribution in [0.3, 0.4) is 0 Å². The van der Waals surface area contributed by atoms with Gasteiger partial charge in [-0.2, -0.15) is 4.98 Å². The summed E-state index contributed by atoms with van der Waals surface area (Å²) in [5, 5.41) is 6.75. The molecule has 0 aliphatic carbocycles. The van der Waals surface area contributed by atoms with E-state index < -0.39 is 0 Å². The van der Waals surface area contributed by atoms with Crippen LogP contribution in [0.1, 0.15) is 46.0 Å². The van der Waals surface area contributed by atoms with Crippen LogP contribution in [0.4, 0.5) is 0 Å². The van der Waals surface area contributed by atoms with Crippen molar-refractivity contribution in [1.29, 1.82) is 0 Å². The van der Waals surface area contributed by atoms with Crippen LogP contribution in [0.5, 0.6) is 0 Å². The second kappa shape index (κ2) is 6.03. The minimum Gasteiger partial charge on any atom is -0.345 e. The molecule has 0 saturated carbocycles. The lowest BCUT2D eigenvalue weighted by atomic mass is 9.92. The molecule has 0 aromatic carbocycles. The monoisotopic (exact) mass is 288 g/mol. The van der Waals surface area contributed by atoms with Gasteiger partial charge in [-0.15, -0.1) is 0 Å². The van der Waals surface area contributed by atoms with Gasteiger partial charge in [-0.1, -0.05) is 32.0 Å². The third-order valence-corrected chi connectivity index (χ3v) is 2.77. The van der Waals surface area contributed by atoms with Gasteiger partial charge in [0.25, 0.3) is 0 Å². The topological polar surface area (TPSA) is 80.9 Å². The number of hydrogen-bond donors (Lipinski definition) is 1. The molecule has 0 spiro atoms. The van der Waals surface area contributed by atoms with Crippen molar-refractivity contribution in [3.63, 3.8) is 0 Å². The summed E-state index contributed by atoms with van der Waals surface area (Å²) in [6.45, 7) is 7.87. The van der Waals surface area contributed by atoms with E-state index in [1.165, 1.54) is 0 Å². The highest BCUT2D eigenvalue weighted by Gasteiger charge is 2.21. The fourth-order valence-electron chi connectivity index (χ4n) is 1.85. The van der Waals surface area contributed by atoms with E-state index in [0.717, 1.165) is 0 Å². The Morgan fingerprint density at radius 1 is 1.38 bits per heavy atom. The number of carbonyl (C=O) groups excluding carboxylic acids is 1. The van der Waals surface area contributed by atoms with E-state index >= 15 is 0 Å². The molecule has 2 aromatic rings. The van der Waals surface area contributed by atoms with Gasteiger partial charge >= 0.3 is 0 Å². The highest BCUT2D eigenvalue weighted by atomic mass is 16.5. The summed E-state index contributed by atoms with van der Waals surface area (Å²) in [5.41, 5.74) is 0.582. The Morgan fingerprint density at radius 3 is 2.76 bits per heavy atom. The average molecular weight is 288 g/mol. The van der Waals surface area contributed by atoms with Crippen LogP contribution in [0.15, 0.2) is 28.9 Å². The summed E-state index contributed by atoms with van der Waals surface area (Å²) >= 11 is 0. The number of nitrogens with zero attached hydrogens (tertiary/aromatic N) is 3. The number of carbonyl (C=O) groups is 1. The van der Waals surface area contributed by atoms with Crippen LogP contribution < -0.4 is 5.32 Å². The molecular formula is C15H20N4O2. The third kappa shape index (κ3) is 4.37. The molecule has 0 radical (unpaired) electrons. The van der Waals surface area contributed by atoms with Crippen molar-refractivity contribution < 1.29 is 9.32 Å². The lowest BCUT2D eigenvalue weighted by Gasteiger charge is -2.18. The summed E-state index contributed by atoms with van der Waals surface area (Å²) in [4.78, 5) is 20.3. The maximum Gasteiger partial charge on any atom is 0.249 e. The van der Waals surface area contributed by atoms with Gasteiger partial charge in [-0.05, 0) is 24.5 Å². The Labute approximate surface area is 124 Å². The van der Waals surface area contributed by atoms with Gasteiger partial charge in [0.1, 0.15) is 11.7 Å². The molecule has 0 aliphatic rings. The Hall–Kier alpha value is -2.24. The summed E-state index contributed by atoms with van der Waals surface area (Å²) < 4.78 is 5.20. The fourth-order valence-corrected chi connectivity index (χ4v) is 1.85. The number of amides is 1. The van der Waals surface area contributed by atoms with Crippen molar-refractivity contribution in [3.8, 4) is 11.5 Å². The van der Waals surface area contributed by atoms with E-state index in [9.17, 15) is 4.79 Å². The zero-order valence-electron chi connectivity index (χ0n) is 12.8. The summed E-state index contributed by atoms with van der Waals surface area (Å²) in [6, 6.07) is 5.15. The van der Waals surface area contributed by atoms with Crippen molar-refractivity contribution >= 4 is 5.91 Å². The minimum absolute atomic E-state index is 0.0346. The predicted molar refractivity (Wildman–Crippen MR) is 78.2 cm³/mol. The Morgan fingerprint density at radius 2 is 2.14 bits per heavy atom. The van der Waals surface area contributed by atoms with Crippen molar-refractivity contribution in [1.82, 2.24) is 20.4 Å². The van der Waals surface area contributed by atoms with E-state index in [0.29, 0.717) is 23.8 Å². The molecule has 0 bridgehead atoms. The first-order valence-electron chi connectivity index (χ1n) is 6.89. The van der Waals surface area contributed by atoms with Crippen LogP contribution in [0.25, 0.3) is 11.5 Å². The summed E-state index contributed by atoms with van der Waals surface area (Å²) in [5.74, 6) is 0.757. The molecule has 1 atom stereocenters. The van der Waals surface area contributed by atoms with Crippen molar-refractivity contribution in [2.24, 2.45) is 5.41 Å². The van der Waals surface area contributed by atoms with Crippen molar-refractivity contribution in [2.45, 2.75) is 40.2 Å². The largest absolute Gasteiger partial charge is 0.345 e. The van der Waals surface area contributed by atoms with Crippen molar-refractivity contribution in [2.75, 3.05) is 0 Å². The van der Waals surface area contributed by atoms with Gasteiger partial charge in [-0.3, -0.25) is 9.78 Å². The van der Waals surface area contributed by atoms with Crippen LogP contribution in [-0.2, 0) is 4.79 Å². The van der Waals surface area contributed by atoms with Gasteiger partial charge in [0.05, 0.1) is 0 Å². The lowest BCUT2D eigenvalue weighted by Crippen LogP contribution is -2.30. The first-order chi connectivity index (χ1) is 9.85. The number of pyridine rings is 1. The number of aromatic nitrogens is 3. The molecule has 6 nitrogen and oxygen atoms in total. The molecule has 2 aromatic heterocycles. The van der Waals surface area contributed by atoms with E-state index in [4.69, 9.17) is 4.52 Å². The van der Waals surface area contributed by atoms with Gasteiger partial charge in [0.2, 0.25) is 17.6 Å². The van der Waals surface area contributed by atoms with E-state index in [-0.39, 0.29) is 17.4 Å². The van der Waals surface area contributed by atoms with Gasteiger partial charge in [0.15, 0.2) is 0 Å². The van der Waals surface area contributed by atoms with Gasteiger partial charge < -0.3 is 9.84 Å². The molecule has 0 saturated heterocycles. The van der Waals surface area contributed by atoms with Crippen LogP contribution >= 0.6 is 0 Å². The molecule has 2 rings (SSSR count). The highest BCUT2D eigenvalue weighted by Crippen LogP contribution is 2.20. The number of rotatable bonds is 4. The molecule has 112 valence electrons. The van der Waals surface area contributed by atoms with Crippen LogP contribution in [0, 0.1) is 5.41 Å². The van der Waals surface area contributed by atoms with Gasteiger partial charge in [0, 0.05) is 12.6 Å². The number of hydrogen-bond acceptors (Lipinski definition) is 5. The Kier molecular flexibility index (Phi) is 4.35. The highest BCUT2D eigenvalue weighted by molar-refractivity contribution is 5.76. The summed E-state index contributed by atoms with van der Waals surface area (Å²) in [7, 11) is 0. The first-order valence-corrected chi connectivity index (χ1v) is 6.89. The lowest BCUT2D eigenvalue weighted by molar-refractivity contribution is -0.123. The normalized spacial score (nSPS) is 13.0. The Balaban J connectivity index is 2.03. The van der Waals surface area contributed by atoms with Gasteiger partial charge in [-0.25, -0.2) is 0 Å². The average Bonchev–Trinajstić information content (AvgIpc) is 2.87. The predicted octanol–water partition coefficient (Wildman–Crippen LogP) is 2.75. The van der Waals surface area contributed by atoms with Crippen LogP contribution in [0.2, 0.25) is 0 Å². The quantitative estimate of drug-likeness (QED) is 0.935. The minimum atomic E-state index is -0.329. The third-order valence-electron chi connectivity index (χ3n) is 2.77. The molecule has 21 heavy (non-hydrogen) atoms. The molecular weight excluding hydrogens is 268 g/mol. The zero-order chi connectivity index (χ0) is 15.5. The summed E-state index contributed by atoms with van der Waals surface area (Å²) in [6.07, 6.45) is 2.11. The molecule has 1 N–H and O–H groups in total. The second-order valence-corrected chi connectivity index (χ2v) is 6.20. The second-order valence-electron chi connectivity index (χ2n) is 6.20. The first kappa shape index (κ1) is 15.2. The van der Waals surface area contributed by atoms with Crippen molar-refractivity contribution in [3.05, 3.63) is 30.3 Å². The zero-order valence-corrected chi connectivity index (χ0v) is 12.8. The van der Waals surface area contributed by atoms with E-state index in [1.54, 1.807) is 12.3 Å². The Bertz CT molecular complexity index is 602. The molecule has 2 heterocycles.